The maximum absolute atomic E-state index is 11.5. The normalized spacial score (nSPS) is 28.1. The van der Waals surface area contributed by atoms with Crippen LogP contribution in [0.1, 0.15) is 12.0 Å². The molecule has 2 atom stereocenters. The standard InChI is InChI=1S/C13H16O4/c1-15-9-13(10-6-4-3-5-7-10)11(16-2)8-12(14)17-13/h3-7,11H,8-9H2,1-2H3/t11-,13+/m1/s1. The molecule has 1 aromatic carbocycles. The molecule has 0 aromatic heterocycles. The van der Waals surface area contributed by atoms with E-state index in [0.717, 1.165) is 5.56 Å². The lowest BCUT2D eigenvalue weighted by atomic mass is 9.89. The topological polar surface area (TPSA) is 44.8 Å². The van der Waals surface area contributed by atoms with Crippen LogP contribution in [-0.2, 0) is 24.6 Å². The minimum Gasteiger partial charge on any atom is -0.449 e. The van der Waals surface area contributed by atoms with Gasteiger partial charge in [-0.05, 0) is 0 Å². The van der Waals surface area contributed by atoms with Crippen LogP contribution in [0.15, 0.2) is 30.3 Å². The molecule has 2 rings (SSSR count). The van der Waals surface area contributed by atoms with Crippen molar-refractivity contribution >= 4 is 5.97 Å². The first-order chi connectivity index (χ1) is 8.23. The van der Waals surface area contributed by atoms with Crippen molar-refractivity contribution < 1.29 is 19.0 Å². The van der Waals surface area contributed by atoms with Gasteiger partial charge in [-0.3, -0.25) is 4.79 Å². The Kier molecular flexibility index (Phi) is 3.45. The summed E-state index contributed by atoms with van der Waals surface area (Å²) in [4.78, 5) is 11.5. The van der Waals surface area contributed by atoms with Crippen molar-refractivity contribution in [1.82, 2.24) is 0 Å². The number of carbonyl (C=O) groups is 1. The van der Waals surface area contributed by atoms with Gasteiger partial charge in [0.2, 0.25) is 0 Å². The zero-order valence-corrected chi connectivity index (χ0v) is 10.0. The maximum Gasteiger partial charge on any atom is 0.309 e. The van der Waals surface area contributed by atoms with Crippen molar-refractivity contribution in [3.05, 3.63) is 35.9 Å². The van der Waals surface area contributed by atoms with Gasteiger partial charge in [0.05, 0.1) is 13.0 Å². The molecule has 0 unspecified atom stereocenters. The summed E-state index contributed by atoms with van der Waals surface area (Å²) in [6.07, 6.45) is -0.0493. The summed E-state index contributed by atoms with van der Waals surface area (Å²) in [5, 5.41) is 0. The van der Waals surface area contributed by atoms with Crippen molar-refractivity contribution in [2.75, 3.05) is 20.8 Å². The molecule has 0 amide bonds. The van der Waals surface area contributed by atoms with Crippen LogP contribution in [0, 0.1) is 0 Å². The van der Waals surface area contributed by atoms with E-state index < -0.39 is 5.60 Å². The van der Waals surface area contributed by atoms with Crippen LogP contribution in [0.4, 0.5) is 0 Å². The number of ether oxygens (including phenoxy) is 3. The summed E-state index contributed by atoms with van der Waals surface area (Å²) in [5.41, 5.74) is 0.0847. The molecule has 1 heterocycles. The highest BCUT2D eigenvalue weighted by atomic mass is 16.6. The highest BCUT2D eigenvalue weighted by molar-refractivity contribution is 5.74. The fourth-order valence-corrected chi connectivity index (χ4v) is 2.29. The molecule has 0 saturated carbocycles. The van der Waals surface area contributed by atoms with Gasteiger partial charge < -0.3 is 14.2 Å². The molecule has 1 aliphatic heterocycles. The second-order valence-corrected chi connectivity index (χ2v) is 4.09. The molecule has 92 valence electrons. The van der Waals surface area contributed by atoms with Crippen LogP contribution in [0.3, 0.4) is 0 Å². The summed E-state index contributed by atoms with van der Waals surface area (Å²) in [6, 6.07) is 9.58. The molecule has 0 bridgehead atoms. The minimum absolute atomic E-state index is 0.252. The number of carbonyl (C=O) groups excluding carboxylic acids is 1. The van der Waals surface area contributed by atoms with Gasteiger partial charge in [0.15, 0.2) is 5.60 Å². The molecule has 0 aliphatic carbocycles. The zero-order chi connectivity index (χ0) is 12.3. The Labute approximate surface area is 100 Å². The molecule has 4 heteroatoms. The fourth-order valence-electron chi connectivity index (χ4n) is 2.29. The first-order valence-corrected chi connectivity index (χ1v) is 5.52. The van der Waals surface area contributed by atoms with Crippen LogP contribution >= 0.6 is 0 Å². The molecular weight excluding hydrogens is 220 g/mol. The second kappa shape index (κ2) is 4.85. The van der Waals surface area contributed by atoms with Gasteiger partial charge in [-0.25, -0.2) is 0 Å². The molecule has 1 aliphatic rings. The van der Waals surface area contributed by atoms with E-state index >= 15 is 0 Å². The number of cyclic esters (lactones) is 1. The van der Waals surface area contributed by atoms with Crippen LogP contribution in [0.25, 0.3) is 0 Å². The third-order valence-electron chi connectivity index (χ3n) is 3.07. The largest absolute Gasteiger partial charge is 0.449 e. The van der Waals surface area contributed by atoms with E-state index in [0.29, 0.717) is 6.61 Å². The third-order valence-corrected chi connectivity index (χ3v) is 3.07. The Hall–Kier alpha value is -1.39. The van der Waals surface area contributed by atoms with E-state index in [4.69, 9.17) is 14.2 Å². The molecule has 0 N–H and O–H groups in total. The van der Waals surface area contributed by atoms with Gasteiger partial charge in [-0.15, -0.1) is 0 Å². The van der Waals surface area contributed by atoms with Gasteiger partial charge in [-0.2, -0.15) is 0 Å². The van der Waals surface area contributed by atoms with E-state index in [1.807, 2.05) is 30.3 Å². The highest BCUT2D eigenvalue weighted by Gasteiger charge is 2.51. The summed E-state index contributed by atoms with van der Waals surface area (Å²) in [6.45, 7) is 0.293. The first kappa shape index (κ1) is 12.1. The van der Waals surface area contributed by atoms with Crippen molar-refractivity contribution in [3.8, 4) is 0 Å². The predicted molar refractivity (Wildman–Crippen MR) is 61.5 cm³/mol. The summed E-state index contributed by atoms with van der Waals surface area (Å²) in [5.74, 6) is -0.252. The second-order valence-electron chi connectivity index (χ2n) is 4.09. The molecule has 1 saturated heterocycles. The van der Waals surface area contributed by atoms with Gasteiger partial charge in [0.25, 0.3) is 0 Å². The van der Waals surface area contributed by atoms with Gasteiger partial charge in [0.1, 0.15) is 6.10 Å². The molecule has 1 aromatic rings. The average molecular weight is 236 g/mol. The predicted octanol–water partition coefficient (Wildman–Crippen LogP) is 1.49. The Morgan fingerprint density at radius 2 is 2.06 bits per heavy atom. The number of esters is 1. The van der Waals surface area contributed by atoms with Crippen molar-refractivity contribution in [2.24, 2.45) is 0 Å². The number of rotatable bonds is 4. The van der Waals surface area contributed by atoms with E-state index in [1.165, 1.54) is 0 Å². The maximum atomic E-state index is 11.5. The van der Waals surface area contributed by atoms with E-state index in [-0.39, 0.29) is 18.5 Å². The quantitative estimate of drug-likeness (QED) is 0.743. The lowest BCUT2D eigenvalue weighted by molar-refractivity contribution is -0.160. The summed E-state index contributed by atoms with van der Waals surface area (Å²) < 4.78 is 16.1. The Balaban J connectivity index is 2.42. The Morgan fingerprint density at radius 1 is 1.35 bits per heavy atom. The number of methoxy groups -OCH3 is 2. The van der Waals surface area contributed by atoms with E-state index in [9.17, 15) is 4.79 Å². The molecule has 4 nitrogen and oxygen atoms in total. The molecule has 0 radical (unpaired) electrons. The number of hydrogen-bond donors (Lipinski definition) is 0. The number of benzene rings is 1. The van der Waals surface area contributed by atoms with E-state index in [1.54, 1.807) is 14.2 Å². The molecule has 0 spiro atoms. The van der Waals surface area contributed by atoms with Crippen molar-refractivity contribution in [2.45, 2.75) is 18.1 Å². The Morgan fingerprint density at radius 3 is 2.65 bits per heavy atom. The van der Waals surface area contributed by atoms with Crippen LogP contribution in [0.2, 0.25) is 0 Å². The van der Waals surface area contributed by atoms with Gasteiger partial charge >= 0.3 is 5.97 Å². The van der Waals surface area contributed by atoms with Crippen molar-refractivity contribution in [1.29, 1.82) is 0 Å². The van der Waals surface area contributed by atoms with Crippen molar-refractivity contribution in [3.63, 3.8) is 0 Å². The summed E-state index contributed by atoms with van der Waals surface area (Å²) in [7, 11) is 3.17. The average Bonchev–Trinajstić information content (AvgIpc) is 2.68. The summed E-state index contributed by atoms with van der Waals surface area (Å²) >= 11 is 0. The zero-order valence-electron chi connectivity index (χ0n) is 10.0. The Bertz CT molecular complexity index is 390. The highest BCUT2D eigenvalue weighted by Crippen LogP contribution is 2.38. The lowest BCUT2D eigenvalue weighted by Crippen LogP contribution is -2.41. The van der Waals surface area contributed by atoms with Gasteiger partial charge in [-0.1, -0.05) is 30.3 Å². The lowest BCUT2D eigenvalue weighted by Gasteiger charge is -2.32. The smallest absolute Gasteiger partial charge is 0.309 e. The third kappa shape index (κ3) is 2.06. The van der Waals surface area contributed by atoms with Crippen LogP contribution in [-0.4, -0.2) is 32.9 Å². The van der Waals surface area contributed by atoms with Crippen LogP contribution < -0.4 is 0 Å². The molecule has 17 heavy (non-hydrogen) atoms. The molecular formula is C13H16O4. The van der Waals surface area contributed by atoms with E-state index in [2.05, 4.69) is 0 Å². The monoisotopic (exact) mass is 236 g/mol. The first-order valence-electron chi connectivity index (χ1n) is 5.52. The van der Waals surface area contributed by atoms with Crippen LogP contribution in [0.5, 0.6) is 0 Å². The minimum atomic E-state index is -0.818. The SMILES string of the molecule is COC[C@@]1(c2ccccc2)OC(=O)C[C@H]1OC. The number of hydrogen-bond acceptors (Lipinski definition) is 4. The van der Waals surface area contributed by atoms with Gasteiger partial charge in [0, 0.05) is 19.8 Å². The molecule has 1 fully saturated rings. The fraction of sp³-hybridized carbons (Fsp3) is 0.462.